The van der Waals surface area contributed by atoms with Crippen LogP contribution in [0.5, 0.6) is 0 Å². The number of nitrogens with two attached hydrogens (primary N) is 1. The predicted octanol–water partition coefficient (Wildman–Crippen LogP) is 2.23. The van der Waals surface area contributed by atoms with Crippen molar-refractivity contribution in [1.29, 1.82) is 0 Å². The van der Waals surface area contributed by atoms with Crippen LogP contribution in [-0.4, -0.2) is 11.7 Å². The molecule has 3 N–H and O–H groups in total. The van der Waals surface area contributed by atoms with Crippen LogP contribution < -0.4 is 5.73 Å². The Morgan fingerprint density at radius 3 is 2.77 bits per heavy atom. The molecule has 1 aromatic rings. The van der Waals surface area contributed by atoms with Gasteiger partial charge < -0.3 is 10.8 Å². The summed E-state index contributed by atoms with van der Waals surface area (Å²) in [5.41, 5.74) is 5.69. The summed E-state index contributed by atoms with van der Waals surface area (Å²) in [7, 11) is 0. The van der Waals surface area contributed by atoms with Crippen LogP contribution >= 0.6 is 27.5 Å². The van der Waals surface area contributed by atoms with E-state index in [9.17, 15) is 4.39 Å². The molecule has 0 radical (unpaired) electrons. The van der Waals surface area contributed by atoms with Crippen molar-refractivity contribution in [2.75, 3.05) is 6.61 Å². The first-order chi connectivity index (χ1) is 6.07. The number of hydrogen-bond donors (Lipinski definition) is 2. The highest BCUT2D eigenvalue weighted by molar-refractivity contribution is 9.10. The average Bonchev–Trinajstić information content (AvgIpc) is 2.12. The lowest BCUT2D eigenvalue weighted by atomic mass is 10.1. The van der Waals surface area contributed by atoms with Crippen LogP contribution in [0.4, 0.5) is 4.39 Å². The number of hydrogen-bond acceptors (Lipinski definition) is 2. The van der Waals surface area contributed by atoms with E-state index in [0.29, 0.717) is 4.47 Å². The Balaban J connectivity index is 3.25. The van der Waals surface area contributed by atoms with Crippen LogP contribution in [0, 0.1) is 5.82 Å². The second-order valence-electron chi connectivity index (χ2n) is 2.55. The highest BCUT2D eigenvalue weighted by Crippen LogP contribution is 2.29. The van der Waals surface area contributed by atoms with Crippen LogP contribution in [0.15, 0.2) is 16.6 Å². The second-order valence-corrected chi connectivity index (χ2v) is 3.81. The molecule has 2 nitrogen and oxygen atoms in total. The normalized spacial score (nSPS) is 13.0. The Kier molecular flexibility index (Phi) is 3.67. The largest absolute Gasteiger partial charge is 0.394 e. The first kappa shape index (κ1) is 10.9. The summed E-state index contributed by atoms with van der Waals surface area (Å²) in [4.78, 5) is 0. The number of benzene rings is 1. The molecule has 0 fully saturated rings. The van der Waals surface area contributed by atoms with Gasteiger partial charge in [0.1, 0.15) is 5.82 Å². The molecule has 5 heteroatoms. The maximum Gasteiger partial charge on any atom is 0.147 e. The van der Waals surface area contributed by atoms with Crippen LogP contribution in [0.2, 0.25) is 5.02 Å². The quantitative estimate of drug-likeness (QED) is 0.808. The van der Waals surface area contributed by atoms with Gasteiger partial charge in [0, 0.05) is 10.0 Å². The molecule has 1 atom stereocenters. The van der Waals surface area contributed by atoms with E-state index in [0.717, 1.165) is 0 Å². The fourth-order valence-corrected chi connectivity index (χ4v) is 1.74. The molecular formula is C8H8BrClFNO. The topological polar surface area (TPSA) is 46.2 Å². The summed E-state index contributed by atoms with van der Waals surface area (Å²) in [5.74, 6) is -0.586. The van der Waals surface area contributed by atoms with Crippen molar-refractivity contribution in [2.45, 2.75) is 6.04 Å². The standard InChI is InChI=1S/C8H8BrClFNO/c9-4-1-2-5(10)8(11)7(4)6(12)3-13/h1-2,6,13H,3,12H2/t6-/m1/s1. The van der Waals surface area contributed by atoms with E-state index in [-0.39, 0.29) is 17.2 Å². The van der Waals surface area contributed by atoms with Gasteiger partial charge in [0.15, 0.2) is 0 Å². The zero-order valence-electron chi connectivity index (χ0n) is 6.60. The minimum absolute atomic E-state index is 0.00194. The Morgan fingerprint density at radius 2 is 2.23 bits per heavy atom. The Hall–Kier alpha value is -0.160. The van der Waals surface area contributed by atoms with Crippen molar-refractivity contribution in [2.24, 2.45) is 5.73 Å². The number of aliphatic hydroxyl groups excluding tert-OH is 1. The molecule has 1 rings (SSSR count). The van der Waals surface area contributed by atoms with Gasteiger partial charge in [-0.15, -0.1) is 0 Å². The van der Waals surface area contributed by atoms with Gasteiger partial charge in [-0.1, -0.05) is 27.5 Å². The molecule has 0 aliphatic rings. The zero-order chi connectivity index (χ0) is 10.0. The minimum atomic E-state index is -0.756. The van der Waals surface area contributed by atoms with Gasteiger partial charge in [-0.25, -0.2) is 4.39 Å². The van der Waals surface area contributed by atoms with Crippen LogP contribution in [0.3, 0.4) is 0 Å². The van der Waals surface area contributed by atoms with E-state index >= 15 is 0 Å². The molecule has 0 bridgehead atoms. The van der Waals surface area contributed by atoms with Crippen LogP contribution in [0.25, 0.3) is 0 Å². The summed E-state index contributed by atoms with van der Waals surface area (Å²) >= 11 is 8.69. The van der Waals surface area contributed by atoms with Crippen LogP contribution in [0.1, 0.15) is 11.6 Å². The maximum absolute atomic E-state index is 13.3. The Morgan fingerprint density at radius 1 is 1.62 bits per heavy atom. The molecule has 0 spiro atoms. The molecule has 0 aromatic heterocycles. The monoisotopic (exact) mass is 267 g/mol. The predicted molar refractivity (Wildman–Crippen MR) is 53.1 cm³/mol. The molecule has 72 valence electrons. The fourth-order valence-electron chi connectivity index (χ4n) is 0.974. The van der Waals surface area contributed by atoms with E-state index in [1.54, 1.807) is 6.07 Å². The van der Waals surface area contributed by atoms with Gasteiger partial charge >= 0.3 is 0 Å². The van der Waals surface area contributed by atoms with Crippen molar-refractivity contribution in [3.05, 3.63) is 33.0 Å². The van der Waals surface area contributed by atoms with Crippen molar-refractivity contribution >= 4 is 27.5 Å². The van der Waals surface area contributed by atoms with Gasteiger partial charge in [-0.05, 0) is 12.1 Å². The molecule has 0 unspecified atom stereocenters. The fraction of sp³-hybridized carbons (Fsp3) is 0.250. The average molecular weight is 269 g/mol. The van der Waals surface area contributed by atoms with E-state index in [4.69, 9.17) is 22.4 Å². The lowest BCUT2D eigenvalue weighted by Gasteiger charge is -2.12. The van der Waals surface area contributed by atoms with Gasteiger partial charge in [0.05, 0.1) is 17.7 Å². The molecule has 0 saturated carbocycles. The highest BCUT2D eigenvalue weighted by Gasteiger charge is 2.16. The minimum Gasteiger partial charge on any atom is -0.394 e. The van der Waals surface area contributed by atoms with Gasteiger partial charge in [-0.2, -0.15) is 0 Å². The number of rotatable bonds is 2. The summed E-state index contributed by atoms with van der Waals surface area (Å²) < 4.78 is 13.9. The van der Waals surface area contributed by atoms with Crippen LogP contribution in [-0.2, 0) is 0 Å². The Bertz CT molecular complexity index is 321. The summed E-state index contributed by atoms with van der Waals surface area (Å²) in [6.45, 7) is -0.324. The third-order valence-electron chi connectivity index (χ3n) is 1.65. The third kappa shape index (κ3) is 2.20. The molecule has 0 saturated heterocycles. The van der Waals surface area contributed by atoms with E-state index in [1.165, 1.54) is 6.07 Å². The summed E-state index contributed by atoms with van der Waals surface area (Å²) in [6.07, 6.45) is 0. The molecular weight excluding hydrogens is 260 g/mol. The second kappa shape index (κ2) is 4.37. The van der Waals surface area contributed by atoms with Gasteiger partial charge in [-0.3, -0.25) is 0 Å². The number of aliphatic hydroxyl groups is 1. The zero-order valence-corrected chi connectivity index (χ0v) is 8.94. The lowest BCUT2D eigenvalue weighted by molar-refractivity contribution is 0.265. The van der Waals surface area contributed by atoms with Crippen molar-refractivity contribution < 1.29 is 9.50 Å². The van der Waals surface area contributed by atoms with E-state index < -0.39 is 11.9 Å². The maximum atomic E-state index is 13.3. The van der Waals surface area contributed by atoms with Crippen molar-refractivity contribution in [1.82, 2.24) is 0 Å². The molecule has 13 heavy (non-hydrogen) atoms. The first-order valence-electron chi connectivity index (χ1n) is 3.57. The molecule has 0 heterocycles. The first-order valence-corrected chi connectivity index (χ1v) is 4.75. The van der Waals surface area contributed by atoms with Crippen molar-refractivity contribution in [3.8, 4) is 0 Å². The summed E-state index contributed by atoms with van der Waals surface area (Å²) in [5, 5.41) is 8.77. The molecule has 0 amide bonds. The molecule has 1 aromatic carbocycles. The lowest BCUT2D eigenvalue weighted by Crippen LogP contribution is -2.16. The molecule has 0 aliphatic carbocycles. The smallest absolute Gasteiger partial charge is 0.147 e. The van der Waals surface area contributed by atoms with E-state index in [1.807, 2.05) is 0 Å². The van der Waals surface area contributed by atoms with Gasteiger partial charge in [0.25, 0.3) is 0 Å². The third-order valence-corrected chi connectivity index (χ3v) is 2.63. The Labute approximate surface area is 88.6 Å². The van der Waals surface area contributed by atoms with E-state index in [2.05, 4.69) is 15.9 Å². The highest BCUT2D eigenvalue weighted by atomic mass is 79.9. The molecule has 0 aliphatic heterocycles. The summed E-state index contributed by atoms with van der Waals surface area (Å²) in [6, 6.07) is 2.26. The SMILES string of the molecule is N[C@H](CO)c1c(Br)ccc(Cl)c1F. The number of halogens is 3. The van der Waals surface area contributed by atoms with Crippen molar-refractivity contribution in [3.63, 3.8) is 0 Å². The van der Waals surface area contributed by atoms with Gasteiger partial charge in [0.2, 0.25) is 0 Å².